The SMILES string of the molecule is CCSc1ccc(Cc2nnc(NC(=O)Cn3cnc4c3c(=O)n(C)c(=O)n4C)o2)cc1. The van der Waals surface area contributed by atoms with Crippen molar-refractivity contribution in [2.45, 2.75) is 24.8 Å². The van der Waals surface area contributed by atoms with Gasteiger partial charge in [0, 0.05) is 19.0 Å². The molecule has 0 unspecified atom stereocenters. The second-order valence-corrected chi connectivity index (χ2v) is 8.39. The maximum Gasteiger partial charge on any atom is 0.332 e. The number of imidazole rings is 1. The lowest BCUT2D eigenvalue weighted by molar-refractivity contribution is -0.116. The van der Waals surface area contributed by atoms with Gasteiger partial charge in [-0.1, -0.05) is 24.2 Å². The first-order chi connectivity index (χ1) is 15.4. The number of fused-ring (bicyclic) bond motifs is 1. The number of aromatic nitrogens is 6. The van der Waals surface area contributed by atoms with Gasteiger partial charge in [0.25, 0.3) is 5.56 Å². The number of carbonyl (C=O) groups excluding carboxylic acids is 1. The molecule has 0 saturated carbocycles. The molecule has 4 aromatic rings. The van der Waals surface area contributed by atoms with Crippen molar-refractivity contribution < 1.29 is 9.21 Å². The number of anilines is 1. The van der Waals surface area contributed by atoms with Crippen LogP contribution in [0.25, 0.3) is 11.2 Å². The Bertz CT molecular complexity index is 1400. The second-order valence-electron chi connectivity index (χ2n) is 7.05. The quantitative estimate of drug-likeness (QED) is 0.411. The summed E-state index contributed by atoms with van der Waals surface area (Å²) in [6, 6.07) is 8.04. The van der Waals surface area contributed by atoms with Crippen LogP contribution in [-0.4, -0.2) is 40.5 Å². The first-order valence-corrected chi connectivity index (χ1v) is 10.8. The Morgan fingerprint density at radius 1 is 1.12 bits per heavy atom. The van der Waals surface area contributed by atoms with Crippen molar-refractivity contribution in [2.24, 2.45) is 14.1 Å². The third kappa shape index (κ3) is 4.21. The molecule has 32 heavy (non-hydrogen) atoms. The van der Waals surface area contributed by atoms with Crippen LogP contribution in [-0.2, 0) is 31.9 Å². The molecule has 0 aliphatic rings. The molecule has 0 radical (unpaired) electrons. The Morgan fingerprint density at radius 2 is 1.88 bits per heavy atom. The van der Waals surface area contributed by atoms with E-state index in [1.807, 2.05) is 24.3 Å². The number of rotatable bonds is 7. The molecule has 0 aliphatic heterocycles. The molecule has 11 nitrogen and oxygen atoms in total. The van der Waals surface area contributed by atoms with Gasteiger partial charge in [0.1, 0.15) is 6.54 Å². The predicted molar refractivity (Wildman–Crippen MR) is 119 cm³/mol. The average molecular weight is 456 g/mol. The number of aryl methyl sites for hydroxylation is 1. The molecule has 166 valence electrons. The molecule has 1 aromatic carbocycles. The van der Waals surface area contributed by atoms with Crippen LogP contribution in [0.3, 0.4) is 0 Å². The maximum atomic E-state index is 12.5. The summed E-state index contributed by atoms with van der Waals surface area (Å²) in [5.41, 5.74) is 0.347. The van der Waals surface area contributed by atoms with Crippen LogP contribution in [0.4, 0.5) is 6.01 Å². The molecule has 0 atom stereocenters. The van der Waals surface area contributed by atoms with Crippen LogP contribution in [0.2, 0.25) is 0 Å². The summed E-state index contributed by atoms with van der Waals surface area (Å²) in [6.45, 7) is 1.89. The molecule has 0 aliphatic carbocycles. The molecular formula is C20H21N7O4S. The highest BCUT2D eigenvalue weighted by Gasteiger charge is 2.17. The van der Waals surface area contributed by atoms with Gasteiger partial charge in [-0.3, -0.25) is 24.0 Å². The topological polar surface area (TPSA) is 130 Å². The molecule has 3 heterocycles. The Balaban J connectivity index is 1.45. The van der Waals surface area contributed by atoms with Gasteiger partial charge in [-0.05, 0) is 23.4 Å². The van der Waals surface area contributed by atoms with E-state index in [0.29, 0.717) is 12.3 Å². The predicted octanol–water partition coefficient (Wildman–Crippen LogP) is 1.16. The fourth-order valence-electron chi connectivity index (χ4n) is 3.25. The molecule has 0 saturated heterocycles. The highest BCUT2D eigenvalue weighted by molar-refractivity contribution is 7.99. The zero-order chi connectivity index (χ0) is 22.8. The van der Waals surface area contributed by atoms with E-state index in [1.54, 1.807) is 11.8 Å². The first-order valence-electron chi connectivity index (χ1n) is 9.82. The van der Waals surface area contributed by atoms with Crippen molar-refractivity contribution in [1.82, 2.24) is 28.9 Å². The van der Waals surface area contributed by atoms with E-state index in [1.165, 1.54) is 34.5 Å². The maximum absolute atomic E-state index is 12.5. The number of hydrogen-bond acceptors (Lipinski definition) is 8. The Labute approximate surface area is 186 Å². The summed E-state index contributed by atoms with van der Waals surface area (Å²) in [5.74, 6) is 0.901. The van der Waals surface area contributed by atoms with E-state index in [2.05, 4.69) is 27.4 Å². The van der Waals surface area contributed by atoms with E-state index in [0.717, 1.165) is 15.9 Å². The number of nitrogens with zero attached hydrogens (tertiary/aromatic N) is 6. The van der Waals surface area contributed by atoms with Gasteiger partial charge in [0.15, 0.2) is 11.2 Å². The van der Waals surface area contributed by atoms with Crippen molar-refractivity contribution in [3.63, 3.8) is 0 Å². The molecule has 0 spiro atoms. The summed E-state index contributed by atoms with van der Waals surface area (Å²) in [6.07, 6.45) is 1.78. The van der Waals surface area contributed by atoms with Crippen LogP contribution in [0, 0.1) is 0 Å². The number of amides is 1. The van der Waals surface area contributed by atoms with Crippen molar-refractivity contribution in [3.05, 3.63) is 62.9 Å². The summed E-state index contributed by atoms with van der Waals surface area (Å²) < 4.78 is 9.12. The smallest absolute Gasteiger partial charge is 0.332 e. The summed E-state index contributed by atoms with van der Waals surface area (Å²) >= 11 is 1.76. The van der Waals surface area contributed by atoms with E-state index < -0.39 is 17.2 Å². The Morgan fingerprint density at radius 3 is 2.59 bits per heavy atom. The minimum absolute atomic E-state index is 0.0344. The van der Waals surface area contributed by atoms with E-state index >= 15 is 0 Å². The van der Waals surface area contributed by atoms with Gasteiger partial charge in [0.05, 0.1) is 12.7 Å². The number of benzene rings is 1. The van der Waals surface area contributed by atoms with Crippen LogP contribution in [0.15, 0.2) is 49.5 Å². The van der Waals surface area contributed by atoms with Crippen molar-refractivity contribution in [3.8, 4) is 0 Å². The fraction of sp³-hybridized carbons (Fsp3) is 0.300. The van der Waals surface area contributed by atoms with Gasteiger partial charge >= 0.3 is 11.7 Å². The zero-order valence-corrected chi connectivity index (χ0v) is 18.5. The Kier molecular flexibility index (Phi) is 5.95. The van der Waals surface area contributed by atoms with Crippen LogP contribution >= 0.6 is 11.8 Å². The van der Waals surface area contributed by atoms with E-state index in [-0.39, 0.29) is 23.7 Å². The monoisotopic (exact) mass is 455 g/mol. The fourth-order valence-corrected chi connectivity index (χ4v) is 3.91. The van der Waals surface area contributed by atoms with Gasteiger partial charge in [-0.15, -0.1) is 16.9 Å². The standard InChI is InChI=1S/C20H21N7O4S/c1-4-32-13-7-5-12(6-8-13)9-15-23-24-19(31-15)22-14(28)10-27-11-21-17-16(27)18(29)26(3)20(30)25(17)2/h5-8,11H,4,9-10H2,1-3H3,(H,22,24,28). The largest absolute Gasteiger partial charge is 0.407 e. The number of thioether (sulfide) groups is 1. The van der Waals surface area contributed by atoms with Crippen LogP contribution in [0.5, 0.6) is 0 Å². The number of hydrogen-bond donors (Lipinski definition) is 1. The van der Waals surface area contributed by atoms with Crippen LogP contribution in [0.1, 0.15) is 18.4 Å². The number of nitrogens with one attached hydrogen (secondary N) is 1. The summed E-state index contributed by atoms with van der Waals surface area (Å²) in [4.78, 5) is 42.2. The second kappa shape index (κ2) is 8.83. The molecular weight excluding hydrogens is 434 g/mol. The van der Waals surface area contributed by atoms with Crippen molar-refractivity contribution in [1.29, 1.82) is 0 Å². The number of carbonyl (C=O) groups is 1. The highest BCUT2D eigenvalue weighted by Crippen LogP contribution is 2.19. The van der Waals surface area contributed by atoms with Crippen molar-refractivity contribution >= 4 is 34.8 Å². The third-order valence-corrected chi connectivity index (χ3v) is 5.73. The lowest BCUT2D eigenvalue weighted by Crippen LogP contribution is -2.37. The summed E-state index contributed by atoms with van der Waals surface area (Å²) in [7, 11) is 2.88. The van der Waals surface area contributed by atoms with Gasteiger partial charge in [-0.25, -0.2) is 9.78 Å². The minimum Gasteiger partial charge on any atom is -0.407 e. The third-order valence-electron chi connectivity index (χ3n) is 4.83. The molecule has 12 heteroatoms. The molecule has 1 amide bonds. The lowest BCUT2D eigenvalue weighted by Gasteiger charge is -2.06. The molecule has 4 rings (SSSR count). The van der Waals surface area contributed by atoms with E-state index in [4.69, 9.17) is 4.42 Å². The molecule has 0 bridgehead atoms. The zero-order valence-electron chi connectivity index (χ0n) is 17.7. The normalized spacial score (nSPS) is 11.2. The molecule has 0 fully saturated rings. The molecule has 1 N–H and O–H groups in total. The lowest BCUT2D eigenvalue weighted by atomic mass is 10.1. The minimum atomic E-state index is -0.531. The van der Waals surface area contributed by atoms with E-state index in [9.17, 15) is 14.4 Å². The first kappa shape index (κ1) is 21.6. The van der Waals surface area contributed by atoms with Crippen molar-refractivity contribution in [2.75, 3.05) is 11.1 Å². The summed E-state index contributed by atoms with van der Waals surface area (Å²) in [5, 5.41) is 10.4. The highest BCUT2D eigenvalue weighted by atomic mass is 32.2. The average Bonchev–Trinajstić information content (AvgIpc) is 3.39. The van der Waals surface area contributed by atoms with Gasteiger partial charge < -0.3 is 8.98 Å². The Hall–Kier alpha value is -3.67. The van der Waals surface area contributed by atoms with Crippen LogP contribution < -0.4 is 16.6 Å². The van der Waals surface area contributed by atoms with Gasteiger partial charge in [0.2, 0.25) is 11.8 Å². The van der Waals surface area contributed by atoms with Gasteiger partial charge in [-0.2, -0.15) is 0 Å². The molecule has 3 aromatic heterocycles.